The lowest BCUT2D eigenvalue weighted by molar-refractivity contribution is -0.112. The van der Waals surface area contributed by atoms with E-state index in [2.05, 4.69) is 5.16 Å². The van der Waals surface area contributed by atoms with Gasteiger partial charge in [-0.05, 0) is 17.5 Å². The molecule has 0 saturated carbocycles. The summed E-state index contributed by atoms with van der Waals surface area (Å²) in [7, 11) is 0. The van der Waals surface area contributed by atoms with Crippen molar-refractivity contribution in [2.45, 2.75) is 6.61 Å². The van der Waals surface area contributed by atoms with Crippen molar-refractivity contribution in [3.8, 4) is 0 Å². The maximum atomic E-state index is 11.3. The molecule has 4 nitrogen and oxygen atoms in total. The molecule has 2 heterocycles. The van der Waals surface area contributed by atoms with Gasteiger partial charge in [0.1, 0.15) is 6.61 Å². The van der Waals surface area contributed by atoms with Gasteiger partial charge in [-0.2, -0.15) is 0 Å². The summed E-state index contributed by atoms with van der Waals surface area (Å²) in [5.74, 6) is -0.580. The smallest absolute Gasteiger partial charge is 0.272 e. The summed E-state index contributed by atoms with van der Waals surface area (Å²) in [6.07, 6.45) is 0. The van der Waals surface area contributed by atoms with E-state index in [9.17, 15) is 4.79 Å². The predicted molar refractivity (Wildman–Crippen MR) is 67.4 cm³/mol. The Morgan fingerprint density at radius 1 is 1.53 bits per heavy atom. The van der Waals surface area contributed by atoms with Gasteiger partial charge in [-0.25, -0.2) is 0 Å². The van der Waals surface area contributed by atoms with Crippen LogP contribution in [0.1, 0.15) is 10.4 Å². The Hall–Kier alpha value is -1.59. The molecule has 1 aliphatic rings. The standard InChI is InChI=1S/C11H7ClN2O2S/c12-5-1-2-6-7-4-16-14-9(11(13)15)10(7)17-8(6)3-5/h1-3H,4H2,(H2,13,15). The van der Waals surface area contributed by atoms with E-state index in [0.29, 0.717) is 11.6 Å². The van der Waals surface area contributed by atoms with Crippen molar-refractivity contribution in [2.75, 3.05) is 0 Å². The number of hydrogen-bond donors (Lipinski definition) is 1. The number of benzene rings is 1. The van der Waals surface area contributed by atoms with Gasteiger partial charge in [0.25, 0.3) is 5.91 Å². The number of hydrogen-bond acceptors (Lipinski definition) is 4. The van der Waals surface area contributed by atoms with Crippen LogP contribution in [0.2, 0.25) is 5.02 Å². The van der Waals surface area contributed by atoms with Crippen molar-refractivity contribution >= 4 is 44.6 Å². The maximum absolute atomic E-state index is 11.3. The van der Waals surface area contributed by atoms with Gasteiger partial charge >= 0.3 is 0 Å². The number of thiophene rings is 1. The Kier molecular flexibility index (Phi) is 2.31. The molecule has 2 aromatic rings. The van der Waals surface area contributed by atoms with Gasteiger partial charge in [-0.1, -0.05) is 22.8 Å². The van der Waals surface area contributed by atoms with Crippen molar-refractivity contribution < 1.29 is 9.63 Å². The molecular weight excluding hydrogens is 260 g/mol. The number of fused-ring (bicyclic) bond motifs is 3. The van der Waals surface area contributed by atoms with Crippen LogP contribution in [0.15, 0.2) is 23.4 Å². The molecule has 17 heavy (non-hydrogen) atoms. The topological polar surface area (TPSA) is 64.7 Å². The zero-order valence-corrected chi connectivity index (χ0v) is 10.1. The van der Waals surface area contributed by atoms with Crippen LogP contribution in [0.4, 0.5) is 0 Å². The van der Waals surface area contributed by atoms with Crippen LogP contribution in [0.5, 0.6) is 0 Å². The van der Waals surface area contributed by atoms with Crippen LogP contribution >= 0.6 is 22.9 Å². The minimum atomic E-state index is -0.580. The predicted octanol–water partition coefficient (Wildman–Crippen LogP) is 2.27. The van der Waals surface area contributed by atoms with Gasteiger partial charge in [-0.15, -0.1) is 11.3 Å². The molecule has 3 rings (SSSR count). The first-order valence-corrected chi connectivity index (χ1v) is 6.07. The zero-order valence-electron chi connectivity index (χ0n) is 8.57. The molecule has 0 spiro atoms. The van der Waals surface area contributed by atoms with E-state index in [0.717, 1.165) is 20.5 Å². The van der Waals surface area contributed by atoms with E-state index >= 15 is 0 Å². The molecule has 0 radical (unpaired) electrons. The fourth-order valence-corrected chi connectivity index (χ4v) is 3.29. The second-order valence-electron chi connectivity index (χ2n) is 3.63. The number of amides is 1. The number of oxime groups is 1. The van der Waals surface area contributed by atoms with Crippen LogP contribution in [0, 0.1) is 0 Å². The van der Waals surface area contributed by atoms with Crippen molar-refractivity contribution in [3.63, 3.8) is 0 Å². The van der Waals surface area contributed by atoms with E-state index in [-0.39, 0.29) is 5.71 Å². The molecule has 0 atom stereocenters. The monoisotopic (exact) mass is 266 g/mol. The first-order valence-electron chi connectivity index (χ1n) is 4.88. The lowest BCUT2D eigenvalue weighted by Crippen LogP contribution is -2.26. The Morgan fingerprint density at radius 3 is 3.12 bits per heavy atom. The van der Waals surface area contributed by atoms with Crippen molar-refractivity contribution in [3.05, 3.63) is 33.7 Å². The highest BCUT2D eigenvalue weighted by Gasteiger charge is 2.24. The van der Waals surface area contributed by atoms with E-state index in [1.165, 1.54) is 11.3 Å². The lowest BCUT2D eigenvalue weighted by Gasteiger charge is -2.09. The third kappa shape index (κ3) is 1.59. The number of nitrogens with zero attached hydrogens (tertiary/aromatic N) is 1. The third-order valence-corrected chi connectivity index (χ3v) is 4.00. The second kappa shape index (κ2) is 3.72. The van der Waals surface area contributed by atoms with Crippen molar-refractivity contribution in [1.29, 1.82) is 0 Å². The molecule has 0 bridgehead atoms. The first-order chi connectivity index (χ1) is 8.16. The highest BCUT2D eigenvalue weighted by molar-refractivity contribution is 7.21. The molecule has 0 saturated heterocycles. The first kappa shape index (κ1) is 10.6. The van der Waals surface area contributed by atoms with Crippen LogP contribution in [-0.2, 0) is 16.2 Å². The number of halogens is 1. The van der Waals surface area contributed by atoms with Crippen LogP contribution < -0.4 is 5.73 Å². The molecule has 1 aliphatic heterocycles. The molecule has 1 aromatic heterocycles. The van der Waals surface area contributed by atoms with E-state index < -0.39 is 5.91 Å². The van der Waals surface area contributed by atoms with Crippen molar-refractivity contribution in [2.24, 2.45) is 10.9 Å². The fraction of sp³-hybridized carbons (Fsp3) is 0.0909. The molecule has 0 aliphatic carbocycles. The molecule has 86 valence electrons. The summed E-state index contributed by atoms with van der Waals surface area (Å²) in [6, 6.07) is 5.59. The molecule has 1 aromatic carbocycles. The molecule has 0 unspecified atom stereocenters. The summed E-state index contributed by atoms with van der Waals surface area (Å²) in [6.45, 7) is 0.355. The molecule has 0 fully saturated rings. The molecule has 1 amide bonds. The van der Waals surface area contributed by atoms with Crippen molar-refractivity contribution in [1.82, 2.24) is 0 Å². The summed E-state index contributed by atoms with van der Waals surface area (Å²) in [4.78, 5) is 17.1. The molecular formula is C11H7ClN2O2S. The van der Waals surface area contributed by atoms with Crippen LogP contribution in [-0.4, -0.2) is 11.6 Å². The van der Waals surface area contributed by atoms with E-state index in [4.69, 9.17) is 22.2 Å². The van der Waals surface area contributed by atoms with Gasteiger partial charge < -0.3 is 10.6 Å². The Balaban J connectivity index is 2.30. The van der Waals surface area contributed by atoms with Gasteiger partial charge in [0.05, 0.1) is 4.88 Å². The van der Waals surface area contributed by atoms with E-state index in [1.54, 1.807) is 0 Å². The SMILES string of the molecule is NC(=O)C1=NOCc2c1sc1cc(Cl)ccc21. The summed E-state index contributed by atoms with van der Waals surface area (Å²) < 4.78 is 1.00. The normalized spacial score (nSPS) is 14.1. The van der Waals surface area contributed by atoms with Gasteiger partial charge in [0.2, 0.25) is 0 Å². The van der Waals surface area contributed by atoms with E-state index in [1.807, 2.05) is 18.2 Å². The maximum Gasteiger partial charge on any atom is 0.272 e. The number of primary amides is 1. The van der Waals surface area contributed by atoms with Gasteiger partial charge in [-0.3, -0.25) is 4.79 Å². The number of nitrogens with two attached hydrogens (primary N) is 1. The Bertz CT molecular complexity index is 663. The Labute approximate surface area is 106 Å². The highest BCUT2D eigenvalue weighted by Crippen LogP contribution is 2.35. The third-order valence-electron chi connectivity index (χ3n) is 2.57. The molecule has 6 heteroatoms. The average molecular weight is 267 g/mol. The summed E-state index contributed by atoms with van der Waals surface area (Å²) >= 11 is 7.39. The largest absolute Gasteiger partial charge is 0.390 e. The van der Waals surface area contributed by atoms with Gasteiger partial charge in [0, 0.05) is 15.3 Å². The highest BCUT2D eigenvalue weighted by atomic mass is 35.5. The quantitative estimate of drug-likeness (QED) is 0.861. The van der Waals surface area contributed by atoms with Crippen LogP contribution in [0.3, 0.4) is 0 Å². The van der Waals surface area contributed by atoms with Crippen LogP contribution in [0.25, 0.3) is 10.1 Å². The fourth-order valence-electron chi connectivity index (χ4n) is 1.82. The Morgan fingerprint density at radius 2 is 2.35 bits per heavy atom. The minimum absolute atomic E-state index is 0.184. The zero-order chi connectivity index (χ0) is 12.0. The number of rotatable bonds is 1. The van der Waals surface area contributed by atoms with Gasteiger partial charge in [0.15, 0.2) is 5.71 Å². The summed E-state index contributed by atoms with van der Waals surface area (Å²) in [5.41, 5.74) is 6.40. The number of carbonyl (C=O) groups is 1. The lowest BCUT2D eigenvalue weighted by atomic mass is 10.1. The molecule has 2 N–H and O–H groups in total. The second-order valence-corrected chi connectivity index (χ2v) is 5.12. The average Bonchev–Trinajstić information content (AvgIpc) is 2.65. The summed E-state index contributed by atoms with van der Waals surface area (Å²) in [5, 5.41) is 5.40. The number of carbonyl (C=O) groups excluding carboxylic acids is 1. The minimum Gasteiger partial charge on any atom is -0.390 e.